The van der Waals surface area contributed by atoms with Crippen LogP contribution in [0.5, 0.6) is 5.75 Å². The van der Waals surface area contributed by atoms with Gasteiger partial charge >= 0.3 is 11.9 Å². The van der Waals surface area contributed by atoms with Crippen molar-refractivity contribution in [3.63, 3.8) is 0 Å². The maximum Gasteiger partial charge on any atom is 0.336 e. The highest BCUT2D eigenvalue weighted by Crippen LogP contribution is 2.62. The van der Waals surface area contributed by atoms with Crippen LogP contribution in [0, 0.1) is 29.1 Å². The van der Waals surface area contributed by atoms with E-state index in [0.717, 1.165) is 36.8 Å². The molecular weight excluding hydrogens is 659 g/mol. The van der Waals surface area contributed by atoms with E-state index >= 15 is 0 Å². The van der Waals surface area contributed by atoms with E-state index in [-0.39, 0.29) is 36.0 Å². The fourth-order valence-corrected chi connectivity index (χ4v) is 8.94. The van der Waals surface area contributed by atoms with Crippen molar-refractivity contribution < 1.29 is 33.8 Å². The number of hydrogen-bond donors (Lipinski definition) is 6. The normalized spacial score (nSPS) is 26.7. The summed E-state index contributed by atoms with van der Waals surface area (Å²) in [5.74, 6) is -2.17. The molecule has 4 aliphatic rings. The summed E-state index contributed by atoms with van der Waals surface area (Å²) in [5.41, 5.74) is 13.9. The van der Waals surface area contributed by atoms with Gasteiger partial charge in [-0.15, -0.1) is 0 Å². The lowest BCUT2D eigenvalue weighted by molar-refractivity contribution is -0.182. The monoisotopic (exact) mass is 707 g/mol. The average Bonchev–Trinajstić information content (AvgIpc) is 3.08. The van der Waals surface area contributed by atoms with Gasteiger partial charge in [0, 0.05) is 12.5 Å². The number of aromatic hydroxyl groups is 1. The Morgan fingerprint density at radius 2 is 1.64 bits per heavy atom. The molecule has 9 atom stereocenters. The van der Waals surface area contributed by atoms with Gasteiger partial charge in [0.05, 0.1) is 18.5 Å². The minimum absolute atomic E-state index is 0.0363. The van der Waals surface area contributed by atoms with E-state index in [1.165, 1.54) is 23.9 Å². The first-order chi connectivity index (χ1) is 23.9. The van der Waals surface area contributed by atoms with Crippen molar-refractivity contribution in [3.8, 4) is 5.75 Å². The van der Waals surface area contributed by atoms with E-state index in [4.69, 9.17) is 16.2 Å². The van der Waals surface area contributed by atoms with Gasteiger partial charge in [-0.25, -0.2) is 4.79 Å². The van der Waals surface area contributed by atoms with Gasteiger partial charge in [-0.05, 0) is 97.0 Å². The van der Waals surface area contributed by atoms with Gasteiger partial charge in [-0.1, -0.05) is 49.4 Å². The Bertz CT molecular complexity index is 1540. The molecule has 0 aliphatic heterocycles. The van der Waals surface area contributed by atoms with Crippen LogP contribution in [0.4, 0.5) is 0 Å². The standard InChI is InChI=1S/C37H49N5O7S/c1-37-18-23-14-24(19-37)32(39)26(15-23)31(37)36(48)49-35(47)29(17-21-6-4-3-5-7-21)41-30(44)20-40-34(46)28(12-13-50-2)42-33(45)27(38)16-22-8-10-25(43)11-9-22/h3-11,23-24,26-29,31-32,43H,12-20,38-39H2,1-2H3,(H,40,46)(H,41,44)(H,42,45)/t23?,24?,26?,27-,28+,29-,31?,32?,37?/m0/s1. The molecule has 0 spiro atoms. The molecule has 0 saturated heterocycles. The SMILES string of the molecule is CSCC[C@@H](NC(=O)[C@@H](N)Cc1ccc(O)cc1)C(=O)NCC(=O)N[C@@H](Cc1ccccc1)C(=O)OC(=O)C1C2CC3CC(CC1(C)C3)C2N. The van der Waals surface area contributed by atoms with E-state index in [0.29, 0.717) is 24.0 Å². The molecule has 4 aliphatic carbocycles. The van der Waals surface area contributed by atoms with Crippen molar-refractivity contribution in [2.45, 2.75) is 76.0 Å². The predicted octanol–water partition coefficient (Wildman–Crippen LogP) is 1.81. The highest BCUT2D eigenvalue weighted by molar-refractivity contribution is 7.98. The second-order valence-corrected chi connectivity index (χ2v) is 15.5. The van der Waals surface area contributed by atoms with E-state index in [2.05, 4.69) is 22.9 Å². The number of nitrogens with two attached hydrogens (primary N) is 2. The topological polar surface area (TPSA) is 203 Å². The number of carbonyl (C=O) groups is 5. The smallest absolute Gasteiger partial charge is 0.336 e. The van der Waals surface area contributed by atoms with Crippen molar-refractivity contribution in [1.29, 1.82) is 0 Å². The molecule has 4 fully saturated rings. The Hall–Kier alpha value is -3.94. The van der Waals surface area contributed by atoms with Crippen LogP contribution < -0.4 is 27.4 Å². The van der Waals surface area contributed by atoms with Crippen LogP contribution in [0.2, 0.25) is 0 Å². The number of carbonyl (C=O) groups excluding carboxylic acids is 5. The molecule has 8 N–H and O–H groups in total. The summed E-state index contributed by atoms with van der Waals surface area (Å²) in [4.78, 5) is 66.5. The predicted molar refractivity (Wildman–Crippen MR) is 189 cm³/mol. The number of nitrogens with one attached hydrogen (secondary N) is 3. The van der Waals surface area contributed by atoms with Crippen molar-refractivity contribution in [1.82, 2.24) is 16.0 Å². The summed E-state index contributed by atoms with van der Waals surface area (Å²) in [6, 6.07) is 12.2. The Labute approximate surface area is 297 Å². The van der Waals surface area contributed by atoms with Gasteiger partial charge in [0.2, 0.25) is 17.7 Å². The molecule has 2 aromatic rings. The second-order valence-electron chi connectivity index (χ2n) is 14.5. The van der Waals surface area contributed by atoms with Gasteiger partial charge in [-0.2, -0.15) is 11.8 Å². The van der Waals surface area contributed by atoms with Crippen molar-refractivity contribution in [3.05, 3.63) is 65.7 Å². The first-order valence-corrected chi connectivity index (χ1v) is 18.7. The zero-order valence-corrected chi connectivity index (χ0v) is 29.5. The quantitative estimate of drug-likeness (QED) is 0.117. The van der Waals surface area contributed by atoms with Crippen LogP contribution in [0.25, 0.3) is 0 Å². The molecule has 50 heavy (non-hydrogen) atoms. The lowest BCUT2D eigenvalue weighted by Crippen LogP contribution is -2.63. The summed E-state index contributed by atoms with van der Waals surface area (Å²) in [6.07, 6.45) is 6.13. The van der Waals surface area contributed by atoms with Gasteiger partial charge in [0.1, 0.15) is 17.8 Å². The molecule has 6 unspecified atom stereocenters. The lowest BCUT2D eigenvalue weighted by Gasteiger charge is -2.61. The van der Waals surface area contributed by atoms with Crippen molar-refractivity contribution in [2.24, 2.45) is 40.6 Å². The van der Waals surface area contributed by atoms with Gasteiger partial charge in [0.15, 0.2) is 0 Å². The van der Waals surface area contributed by atoms with Crippen LogP contribution in [0.3, 0.4) is 0 Å². The number of phenols is 1. The van der Waals surface area contributed by atoms with E-state index in [9.17, 15) is 29.1 Å². The summed E-state index contributed by atoms with van der Waals surface area (Å²) >= 11 is 1.49. The van der Waals surface area contributed by atoms with E-state index in [1.54, 1.807) is 36.4 Å². The minimum atomic E-state index is -1.19. The third-order valence-corrected chi connectivity index (χ3v) is 11.3. The maximum absolute atomic E-state index is 13.6. The largest absolute Gasteiger partial charge is 0.508 e. The first kappa shape index (κ1) is 37.3. The van der Waals surface area contributed by atoms with Crippen LogP contribution >= 0.6 is 11.8 Å². The summed E-state index contributed by atoms with van der Waals surface area (Å²) < 4.78 is 5.54. The maximum atomic E-state index is 13.6. The molecule has 12 nitrogen and oxygen atoms in total. The molecule has 0 aromatic heterocycles. The van der Waals surface area contributed by atoms with Gasteiger partial charge in [0.25, 0.3) is 0 Å². The summed E-state index contributed by atoms with van der Waals surface area (Å²) in [5, 5.41) is 17.4. The molecule has 270 valence electrons. The number of ether oxygens (including phenoxy) is 1. The van der Waals surface area contributed by atoms with Crippen LogP contribution in [0.15, 0.2) is 54.6 Å². The summed E-state index contributed by atoms with van der Waals surface area (Å²) in [6.45, 7) is 1.63. The molecular formula is C37H49N5O7S. The third-order valence-electron chi connectivity index (χ3n) is 10.7. The zero-order valence-electron chi connectivity index (χ0n) is 28.6. The molecule has 0 heterocycles. The van der Waals surface area contributed by atoms with Gasteiger partial charge < -0.3 is 37.3 Å². The molecule has 3 amide bonds. The number of thioether (sulfide) groups is 1. The molecule has 13 heteroatoms. The van der Waals surface area contributed by atoms with Crippen LogP contribution in [-0.2, 0) is 41.6 Å². The Morgan fingerprint density at radius 1 is 0.940 bits per heavy atom. The molecule has 2 aromatic carbocycles. The zero-order chi connectivity index (χ0) is 36.0. The first-order valence-electron chi connectivity index (χ1n) is 17.3. The molecule has 4 saturated carbocycles. The van der Waals surface area contributed by atoms with Crippen LogP contribution in [0.1, 0.15) is 50.2 Å². The number of phenolic OH excluding ortho intramolecular Hbond substituents is 1. The molecule has 0 radical (unpaired) electrons. The highest BCUT2D eigenvalue weighted by atomic mass is 32.2. The molecule has 6 rings (SSSR count). The number of amides is 3. The summed E-state index contributed by atoms with van der Waals surface area (Å²) in [7, 11) is 0. The van der Waals surface area contributed by atoms with E-state index in [1.807, 2.05) is 12.3 Å². The Morgan fingerprint density at radius 3 is 2.34 bits per heavy atom. The number of rotatable bonds is 15. The van der Waals surface area contributed by atoms with Crippen molar-refractivity contribution in [2.75, 3.05) is 18.6 Å². The number of esters is 2. The fraction of sp³-hybridized carbons (Fsp3) is 0.541. The Kier molecular flexibility index (Phi) is 12.2. The number of hydrogen-bond acceptors (Lipinski definition) is 10. The minimum Gasteiger partial charge on any atom is -0.508 e. The highest BCUT2D eigenvalue weighted by Gasteiger charge is 2.61. The molecule has 4 bridgehead atoms. The second kappa shape index (κ2) is 16.4. The average molecular weight is 708 g/mol. The lowest BCUT2D eigenvalue weighted by atomic mass is 9.44. The third kappa shape index (κ3) is 9.04. The van der Waals surface area contributed by atoms with Crippen molar-refractivity contribution >= 4 is 41.4 Å². The Balaban J connectivity index is 1.19. The van der Waals surface area contributed by atoms with Gasteiger partial charge in [-0.3, -0.25) is 19.2 Å². The van der Waals surface area contributed by atoms with Crippen LogP contribution in [-0.4, -0.2) is 77.5 Å². The number of benzene rings is 2. The fourth-order valence-electron chi connectivity index (χ4n) is 8.46. The van der Waals surface area contributed by atoms with E-state index < -0.39 is 60.2 Å².